The minimum Gasteiger partial charge on any atom is -0.494 e. The summed E-state index contributed by atoms with van der Waals surface area (Å²) in [6.07, 6.45) is -3.78. The predicted octanol–water partition coefficient (Wildman–Crippen LogP) is 1.06. The Morgan fingerprint density at radius 3 is 2.50 bits per heavy atom. The number of rotatable bonds is 4. The molecule has 18 heavy (non-hydrogen) atoms. The highest BCUT2D eigenvalue weighted by Crippen LogP contribution is 2.33. The lowest BCUT2D eigenvalue weighted by Gasteiger charge is -2.18. The highest BCUT2D eigenvalue weighted by molar-refractivity contribution is 6.31. The maximum absolute atomic E-state index is 13.9. The monoisotopic (exact) mass is 278 g/mol. The molecular weight excluding hydrogens is 267 g/mol. The quantitative estimate of drug-likeness (QED) is 0.805. The Kier molecular flexibility index (Phi) is 4.89. The standard InChI is InChI=1S/C11H12ClFO5/c1-17-6-4-3-5(12)7(8(6)13)9(14)10(15)11(16)18-2/h3-4,9-10,14-15H,1-2H3. The number of esters is 1. The van der Waals surface area contributed by atoms with Gasteiger partial charge in [0, 0.05) is 10.6 Å². The van der Waals surface area contributed by atoms with Gasteiger partial charge in [-0.2, -0.15) is 0 Å². The van der Waals surface area contributed by atoms with E-state index in [2.05, 4.69) is 4.74 Å². The Morgan fingerprint density at radius 1 is 1.39 bits per heavy atom. The minimum absolute atomic E-state index is 0.135. The Bertz CT molecular complexity index is 451. The van der Waals surface area contributed by atoms with Gasteiger partial charge in [0.25, 0.3) is 0 Å². The van der Waals surface area contributed by atoms with Gasteiger partial charge in [-0.25, -0.2) is 9.18 Å². The third-order valence-corrected chi connectivity index (χ3v) is 2.68. The summed E-state index contributed by atoms with van der Waals surface area (Å²) in [5, 5.41) is 19.1. The molecule has 7 heteroatoms. The Labute approximate surface area is 108 Å². The fourth-order valence-electron chi connectivity index (χ4n) is 1.39. The van der Waals surface area contributed by atoms with Crippen molar-refractivity contribution < 1.29 is 28.9 Å². The molecule has 2 atom stereocenters. The van der Waals surface area contributed by atoms with Crippen molar-refractivity contribution in [1.82, 2.24) is 0 Å². The summed E-state index contributed by atoms with van der Waals surface area (Å²) in [5.41, 5.74) is -0.422. The third-order valence-electron chi connectivity index (χ3n) is 2.35. The molecule has 1 aromatic carbocycles. The predicted molar refractivity (Wildman–Crippen MR) is 60.9 cm³/mol. The van der Waals surface area contributed by atoms with Gasteiger partial charge in [-0.05, 0) is 12.1 Å². The van der Waals surface area contributed by atoms with Crippen molar-refractivity contribution >= 4 is 17.6 Å². The van der Waals surface area contributed by atoms with Gasteiger partial charge in [0.1, 0.15) is 6.10 Å². The number of carbonyl (C=O) groups excluding carboxylic acids is 1. The Hall–Kier alpha value is -1.37. The van der Waals surface area contributed by atoms with Crippen LogP contribution in [-0.2, 0) is 9.53 Å². The number of hydrogen-bond donors (Lipinski definition) is 2. The summed E-state index contributed by atoms with van der Waals surface area (Å²) in [5.74, 6) is -2.20. The highest BCUT2D eigenvalue weighted by atomic mass is 35.5. The van der Waals surface area contributed by atoms with Crippen LogP contribution in [0.1, 0.15) is 11.7 Å². The lowest BCUT2D eigenvalue weighted by Crippen LogP contribution is -2.29. The number of aliphatic hydroxyl groups is 2. The van der Waals surface area contributed by atoms with Crippen LogP contribution in [0.25, 0.3) is 0 Å². The van der Waals surface area contributed by atoms with Crippen LogP contribution in [0.2, 0.25) is 5.02 Å². The molecule has 0 saturated heterocycles. The number of methoxy groups -OCH3 is 2. The molecule has 1 rings (SSSR count). The first-order chi connectivity index (χ1) is 8.43. The summed E-state index contributed by atoms with van der Waals surface area (Å²) in [6, 6.07) is 2.55. The first-order valence-electron chi connectivity index (χ1n) is 4.89. The van der Waals surface area contributed by atoms with Crippen molar-refractivity contribution in [2.45, 2.75) is 12.2 Å². The Morgan fingerprint density at radius 2 is 2.00 bits per heavy atom. The van der Waals surface area contributed by atoms with Crippen LogP contribution in [0.4, 0.5) is 4.39 Å². The first kappa shape index (κ1) is 14.7. The van der Waals surface area contributed by atoms with Gasteiger partial charge < -0.3 is 19.7 Å². The van der Waals surface area contributed by atoms with E-state index in [1.165, 1.54) is 19.2 Å². The normalized spacial score (nSPS) is 13.9. The number of aliphatic hydroxyl groups excluding tert-OH is 2. The second-order valence-corrected chi connectivity index (χ2v) is 3.80. The van der Waals surface area contributed by atoms with Crippen LogP contribution >= 0.6 is 11.6 Å². The van der Waals surface area contributed by atoms with Crippen LogP contribution in [0.15, 0.2) is 12.1 Å². The molecule has 5 nitrogen and oxygen atoms in total. The first-order valence-corrected chi connectivity index (χ1v) is 5.27. The molecular formula is C11H12ClFO5. The maximum Gasteiger partial charge on any atom is 0.337 e. The Balaban J connectivity index is 3.19. The fourth-order valence-corrected chi connectivity index (χ4v) is 1.64. The van der Waals surface area contributed by atoms with Gasteiger partial charge in [0.05, 0.1) is 14.2 Å². The lowest BCUT2D eigenvalue weighted by molar-refractivity contribution is -0.156. The molecule has 0 bridgehead atoms. The largest absolute Gasteiger partial charge is 0.494 e. The van der Waals surface area contributed by atoms with Crippen LogP contribution in [0.5, 0.6) is 5.75 Å². The average molecular weight is 279 g/mol. The van der Waals surface area contributed by atoms with Gasteiger partial charge in [-0.1, -0.05) is 11.6 Å². The van der Waals surface area contributed by atoms with Crippen LogP contribution in [0.3, 0.4) is 0 Å². The smallest absolute Gasteiger partial charge is 0.337 e. The zero-order valence-electron chi connectivity index (χ0n) is 9.68. The molecule has 0 amide bonds. The van der Waals surface area contributed by atoms with E-state index in [4.69, 9.17) is 16.3 Å². The number of benzene rings is 1. The molecule has 0 aliphatic carbocycles. The summed E-state index contributed by atoms with van der Waals surface area (Å²) in [7, 11) is 2.26. The van der Waals surface area contributed by atoms with Crippen molar-refractivity contribution in [3.05, 3.63) is 28.5 Å². The van der Waals surface area contributed by atoms with E-state index in [1.54, 1.807) is 0 Å². The molecule has 2 unspecified atom stereocenters. The molecule has 1 aromatic rings. The van der Waals surface area contributed by atoms with E-state index < -0.39 is 29.6 Å². The molecule has 0 aliphatic heterocycles. The minimum atomic E-state index is -1.94. The topological polar surface area (TPSA) is 76.0 Å². The average Bonchev–Trinajstić information content (AvgIpc) is 2.37. The molecule has 0 heterocycles. The van der Waals surface area contributed by atoms with E-state index in [1.807, 2.05) is 0 Å². The van der Waals surface area contributed by atoms with Crippen LogP contribution in [-0.4, -0.2) is 36.5 Å². The van der Waals surface area contributed by atoms with Crippen LogP contribution < -0.4 is 4.74 Å². The SMILES string of the molecule is COC(=O)C(O)C(O)c1c(Cl)ccc(OC)c1F. The van der Waals surface area contributed by atoms with Crippen molar-refractivity contribution in [2.75, 3.05) is 14.2 Å². The molecule has 0 saturated carbocycles. The zero-order chi connectivity index (χ0) is 13.9. The van der Waals surface area contributed by atoms with Gasteiger partial charge in [-0.3, -0.25) is 0 Å². The maximum atomic E-state index is 13.9. The summed E-state index contributed by atoms with van der Waals surface area (Å²) >= 11 is 5.73. The van der Waals surface area contributed by atoms with Crippen LogP contribution in [0, 0.1) is 5.82 Å². The highest BCUT2D eigenvalue weighted by Gasteiger charge is 2.31. The summed E-state index contributed by atoms with van der Waals surface area (Å²) < 4.78 is 22.8. The molecule has 0 aliphatic rings. The van der Waals surface area contributed by atoms with Gasteiger partial charge >= 0.3 is 5.97 Å². The number of hydrogen-bond acceptors (Lipinski definition) is 5. The van der Waals surface area contributed by atoms with E-state index in [-0.39, 0.29) is 10.8 Å². The van der Waals surface area contributed by atoms with E-state index >= 15 is 0 Å². The van der Waals surface area contributed by atoms with E-state index in [0.717, 1.165) is 7.11 Å². The molecule has 0 aromatic heterocycles. The fraction of sp³-hybridized carbons (Fsp3) is 0.364. The van der Waals surface area contributed by atoms with E-state index in [0.29, 0.717) is 0 Å². The van der Waals surface area contributed by atoms with Gasteiger partial charge in [-0.15, -0.1) is 0 Å². The van der Waals surface area contributed by atoms with Crippen molar-refractivity contribution in [3.8, 4) is 5.75 Å². The van der Waals surface area contributed by atoms with Gasteiger partial charge in [0.15, 0.2) is 17.7 Å². The molecule has 0 radical (unpaired) electrons. The summed E-state index contributed by atoms with van der Waals surface area (Å²) in [6.45, 7) is 0. The molecule has 2 N–H and O–H groups in total. The van der Waals surface area contributed by atoms with E-state index in [9.17, 15) is 19.4 Å². The second-order valence-electron chi connectivity index (χ2n) is 3.39. The number of carbonyl (C=O) groups is 1. The number of ether oxygens (including phenoxy) is 2. The second kappa shape index (κ2) is 5.99. The van der Waals surface area contributed by atoms with Crippen molar-refractivity contribution in [2.24, 2.45) is 0 Å². The molecule has 0 fully saturated rings. The van der Waals surface area contributed by atoms with Gasteiger partial charge in [0.2, 0.25) is 0 Å². The zero-order valence-corrected chi connectivity index (χ0v) is 10.4. The van der Waals surface area contributed by atoms with Crippen molar-refractivity contribution in [1.29, 1.82) is 0 Å². The number of halogens is 2. The van der Waals surface area contributed by atoms with Crippen molar-refractivity contribution in [3.63, 3.8) is 0 Å². The lowest BCUT2D eigenvalue weighted by atomic mass is 10.0. The third kappa shape index (κ3) is 2.72. The molecule has 0 spiro atoms. The summed E-state index contributed by atoms with van der Waals surface area (Å²) in [4.78, 5) is 11.1. The molecule has 100 valence electrons.